The molecule has 0 bridgehead atoms. The molecule has 0 amide bonds. The van der Waals surface area contributed by atoms with Gasteiger partial charge in [0.1, 0.15) is 11.4 Å². The number of methoxy groups -OCH3 is 1. The van der Waals surface area contributed by atoms with Crippen LogP contribution >= 0.6 is 11.6 Å². The Labute approximate surface area is 111 Å². The van der Waals surface area contributed by atoms with Gasteiger partial charge in [0.15, 0.2) is 0 Å². The Balaban J connectivity index is 2.79. The molecule has 0 radical (unpaired) electrons. The lowest BCUT2D eigenvalue weighted by Gasteiger charge is -2.07. The Morgan fingerprint density at radius 2 is 2.28 bits per heavy atom. The van der Waals surface area contributed by atoms with Gasteiger partial charge in [0.05, 0.1) is 18.2 Å². The van der Waals surface area contributed by atoms with Crippen LogP contribution < -0.4 is 0 Å². The fraction of sp³-hybridized carbons (Fsp3) is 0.583. The highest BCUT2D eigenvalue weighted by atomic mass is 35.5. The minimum atomic E-state index is -0.434. The van der Waals surface area contributed by atoms with Gasteiger partial charge in [-0.25, -0.2) is 14.8 Å². The zero-order valence-corrected chi connectivity index (χ0v) is 11.4. The number of aromatic nitrogens is 2. The van der Waals surface area contributed by atoms with Crippen LogP contribution in [0.1, 0.15) is 35.2 Å². The minimum Gasteiger partial charge on any atom is -0.462 e. The van der Waals surface area contributed by atoms with Crippen molar-refractivity contribution >= 4 is 17.6 Å². The third-order valence-electron chi connectivity index (χ3n) is 2.29. The van der Waals surface area contributed by atoms with Crippen LogP contribution in [0.3, 0.4) is 0 Å². The van der Waals surface area contributed by atoms with E-state index < -0.39 is 5.97 Å². The van der Waals surface area contributed by atoms with Gasteiger partial charge in [0.25, 0.3) is 0 Å². The maximum absolute atomic E-state index is 11.6. The maximum atomic E-state index is 11.6. The van der Waals surface area contributed by atoms with Crippen LogP contribution in [0.25, 0.3) is 0 Å². The SMILES string of the molecule is CCOC(=O)c1cnc(CCCOC)nc1CCl. The van der Waals surface area contributed by atoms with Gasteiger partial charge in [-0.1, -0.05) is 0 Å². The van der Waals surface area contributed by atoms with Gasteiger partial charge < -0.3 is 9.47 Å². The summed E-state index contributed by atoms with van der Waals surface area (Å²) in [6.07, 6.45) is 3.00. The van der Waals surface area contributed by atoms with Gasteiger partial charge in [0, 0.05) is 26.3 Å². The molecule has 6 heteroatoms. The van der Waals surface area contributed by atoms with Crippen LogP contribution in [-0.4, -0.2) is 36.3 Å². The molecule has 0 aromatic carbocycles. The van der Waals surface area contributed by atoms with Crippen molar-refractivity contribution in [3.63, 3.8) is 0 Å². The van der Waals surface area contributed by atoms with Gasteiger partial charge in [-0.05, 0) is 13.3 Å². The zero-order chi connectivity index (χ0) is 13.4. The van der Waals surface area contributed by atoms with E-state index in [1.165, 1.54) is 6.20 Å². The second kappa shape index (κ2) is 8.00. The molecule has 0 spiro atoms. The first-order valence-corrected chi connectivity index (χ1v) is 6.33. The van der Waals surface area contributed by atoms with Crippen molar-refractivity contribution in [2.45, 2.75) is 25.6 Å². The fourth-order valence-corrected chi connectivity index (χ4v) is 1.64. The summed E-state index contributed by atoms with van der Waals surface area (Å²) in [5, 5.41) is 0. The molecule has 0 aliphatic carbocycles. The third kappa shape index (κ3) is 4.23. The number of nitrogens with zero attached hydrogens (tertiary/aromatic N) is 2. The Bertz CT molecular complexity index is 399. The van der Waals surface area contributed by atoms with E-state index in [1.807, 2.05) is 0 Å². The number of hydrogen-bond donors (Lipinski definition) is 0. The molecule has 0 saturated heterocycles. The smallest absolute Gasteiger partial charge is 0.341 e. The van der Waals surface area contributed by atoms with E-state index in [1.54, 1.807) is 14.0 Å². The number of carbonyl (C=O) groups excluding carboxylic acids is 1. The molecule has 0 unspecified atom stereocenters. The Hall–Kier alpha value is -1.20. The maximum Gasteiger partial charge on any atom is 0.341 e. The Morgan fingerprint density at radius 1 is 1.50 bits per heavy atom. The number of alkyl halides is 1. The molecule has 5 nitrogen and oxygen atoms in total. The quantitative estimate of drug-likeness (QED) is 0.431. The number of esters is 1. The number of aryl methyl sites for hydroxylation is 1. The van der Waals surface area contributed by atoms with Crippen LogP contribution in [0.2, 0.25) is 0 Å². The lowest BCUT2D eigenvalue weighted by Crippen LogP contribution is -2.12. The van der Waals surface area contributed by atoms with Crippen molar-refractivity contribution in [1.82, 2.24) is 9.97 Å². The fourth-order valence-electron chi connectivity index (χ4n) is 1.43. The van der Waals surface area contributed by atoms with Crippen molar-refractivity contribution in [2.75, 3.05) is 20.3 Å². The van der Waals surface area contributed by atoms with Crippen molar-refractivity contribution in [3.05, 3.63) is 23.3 Å². The molecule has 0 fully saturated rings. The van der Waals surface area contributed by atoms with Crippen molar-refractivity contribution in [1.29, 1.82) is 0 Å². The number of rotatable bonds is 7. The molecule has 0 aliphatic heterocycles. The van der Waals surface area contributed by atoms with E-state index in [9.17, 15) is 4.79 Å². The topological polar surface area (TPSA) is 61.3 Å². The predicted octanol–water partition coefficient (Wildman–Crippen LogP) is 1.97. The van der Waals surface area contributed by atoms with E-state index in [-0.39, 0.29) is 5.88 Å². The average molecular weight is 273 g/mol. The van der Waals surface area contributed by atoms with Gasteiger partial charge in [-0.2, -0.15) is 0 Å². The molecule has 0 saturated carbocycles. The lowest BCUT2D eigenvalue weighted by molar-refractivity contribution is 0.0524. The van der Waals surface area contributed by atoms with Gasteiger partial charge in [-0.15, -0.1) is 11.6 Å². The molecular formula is C12H17ClN2O3. The van der Waals surface area contributed by atoms with E-state index in [2.05, 4.69) is 9.97 Å². The average Bonchev–Trinajstić information content (AvgIpc) is 2.39. The molecular weight excluding hydrogens is 256 g/mol. The number of ether oxygens (including phenoxy) is 2. The van der Waals surface area contributed by atoms with Crippen LogP contribution in [0.15, 0.2) is 6.20 Å². The summed E-state index contributed by atoms with van der Waals surface area (Å²) in [6.45, 7) is 2.72. The molecule has 18 heavy (non-hydrogen) atoms. The number of carbonyl (C=O) groups is 1. The first-order valence-electron chi connectivity index (χ1n) is 5.79. The van der Waals surface area contributed by atoms with Crippen LogP contribution in [-0.2, 0) is 21.8 Å². The molecule has 0 aliphatic rings. The highest BCUT2D eigenvalue weighted by molar-refractivity contribution is 6.17. The van der Waals surface area contributed by atoms with E-state index in [0.717, 1.165) is 6.42 Å². The standard InChI is InChI=1S/C12H17ClN2O3/c1-3-18-12(16)9-8-14-11(5-4-6-17-2)15-10(9)7-13/h8H,3-7H2,1-2H3. The van der Waals surface area contributed by atoms with E-state index in [0.29, 0.717) is 36.7 Å². The predicted molar refractivity (Wildman–Crippen MR) is 67.7 cm³/mol. The second-order valence-corrected chi connectivity index (χ2v) is 3.86. The summed E-state index contributed by atoms with van der Waals surface area (Å²) in [6, 6.07) is 0. The van der Waals surface area contributed by atoms with Crippen molar-refractivity contribution < 1.29 is 14.3 Å². The van der Waals surface area contributed by atoms with Crippen LogP contribution in [0.4, 0.5) is 0 Å². The Kier molecular flexibility index (Phi) is 6.60. The largest absolute Gasteiger partial charge is 0.462 e. The first-order chi connectivity index (χ1) is 8.72. The van der Waals surface area contributed by atoms with E-state index >= 15 is 0 Å². The molecule has 100 valence electrons. The molecule has 0 N–H and O–H groups in total. The molecule has 1 rings (SSSR count). The van der Waals surface area contributed by atoms with Crippen LogP contribution in [0, 0.1) is 0 Å². The third-order valence-corrected chi connectivity index (χ3v) is 2.54. The molecule has 1 heterocycles. The monoisotopic (exact) mass is 272 g/mol. The molecule has 0 atom stereocenters. The molecule has 1 aromatic heterocycles. The normalized spacial score (nSPS) is 10.4. The van der Waals surface area contributed by atoms with E-state index in [4.69, 9.17) is 21.1 Å². The highest BCUT2D eigenvalue weighted by Crippen LogP contribution is 2.11. The zero-order valence-electron chi connectivity index (χ0n) is 10.6. The van der Waals surface area contributed by atoms with Gasteiger partial charge >= 0.3 is 5.97 Å². The second-order valence-electron chi connectivity index (χ2n) is 3.60. The van der Waals surface area contributed by atoms with Gasteiger partial charge in [-0.3, -0.25) is 0 Å². The summed E-state index contributed by atoms with van der Waals surface area (Å²) < 4.78 is 9.87. The Morgan fingerprint density at radius 3 is 2.89 bits per heavy atom. The first kappa shape index (κ1) is 14.9. The molecule has 1 aromatic rings. The highest BCUT2D eigenvalue weighted by Gasteiger charge is 2.14. The van der Waals surface area contributed by atoms with Crippen molar-refractivity contribution in [2.24, 2.45) is 0 Å². The van der Waals surface area contributed by atoms with Crippen molar-refractivity contribution in [3.8, 4) is 0 Å². The summed E-state index contributed by atoms with van der Waals surface area (Å²) in [5.41, 5.74) is 0.847. The minimum absolute atomic E-state index is 0.161. The summed E-state index contributed by atoms with van der Waals surface area (Å²) >= 11 is 5.79. The lowest BCUT2D eigenvalue weighted by atomic mass is 10.2. The van der Waals surface area contributed by atoms with Crippen LogP contribution in [0.5, 0.6) is 0 Å². The summed E-state index contributed by atoms with van der Waals surface area (Å²) in [4.78, 5) is 20.0. The summed E-state index contributed by atoms with van der Waals surface area (Å²) in [7, 11) is 1.65. The summed E-state index contributed by atoms with van der Waals surface area (Å²) in [5.74, 6) is 0.390. The van der Waals surface area contributed by atoms with Gasteiger partial charge in [0.2, 0.25) is 0 Å². The number of halogens is 1. The number of hydrogen-bond acceptors (Lipinski definition) is 5.